The van der Waals surface area contributed by atoms with Crippen molar-refractivity contribution >= 4 is 17.7 Å². The Morgan fingerprint density at radius 1 is 1.17 bits per heavy atom. The number of halogens is 2. The molecule has 0 saturated carbocycles. The smallest absolute Gasteiger partial charge is 0.258 e. The number of benzene rings is 1. The molecule has 6 nitrogen and oxygen atoms in total. The first-order chi connectivity index (χ1) is 17.1. The number of carbonyl (C=O) groups is 3. The predicted molar refractivity (Wildman–Crippen MR) is 106 cm³/mol. The molecular formula is C22H27F2N3O3. The third kappa shape index (κ3) is 3.51. The SMILES string of the molecule is [2H]C1([2H])C(c2cc(F)c3c(c2F)CN(C2CCC(=O)NC2=O)C3=O)C([2H])([2H])C([2H])([2H])N(C(C)(C)C)C1([2H])[2H]. The van der Waals surface area contributed by atoms with Crippen molar-refractivity contribution in [1.82, 2.24) is 15.1 Å². The van der Waals surface area contributed by atoms with Crippen molar-refractivity contribution < 1.29 is 34.1 Å². The number of amides is 3. The van der Waals surface area contributed by atoms with Crippen molar-refractivity contribution in [3.8, 4) is 0 Å². The second kappa shape index (κ2) is 7.41. The van der Waals surface area contributed by atoms with E-state index in [-0.39, 0.29) is 12.8 Å². The average Bonchev–Trinajstić information content (AvgIpc) is 3.06. The number of piperidine rings is 2. The Balaban J connectivity index is 1.87. The lowest BCUT2D eigenvalue weighted by Gasteiger charge is -2.41. The zero-order valence-electron chi connectivity index (χ0n) is 24.7. The van der Waals surface area contributed by atoms with Crippen LogP contribution in [-0.4, -0.2) is 52.1 Å². The highest BCUT2D eigenvalue weighted by Gasteiger charge is 2.43. The van der Waals surface area contributed by atoms with Crippen LogP contribution in [0, 0.1) is 11.6 Å². The maximum atomic E-state index is 16.0. The molecule has 162 valence electrons. The minimum atomic E-state index is -3.29. The van der Waals surface area contributed by atoms with Crippen molar-refractivity contribution in [1.29, 1.82) is 0 Å². The lowest BCUT2D eigenvalue weighted by molar-refractivity contribution is -0.136. The number of fused-ring (bicyclic) bond motifs is 1. The van der Waals surface area contributed by atoms with Crippen molar-refractivity contribution in [2.45, 2.75) is 70.4 Å². The van der Waals surface area contributed by atoms with Gasteiger partial charge in [0.1, 0.15) is 17.7 Å². The minimum Gasteiger partial charge on any atom is -0.322 e. The van der Waals surface area contributed by atoms with Crippen LogP contribution < -0.4 is 5.32 Å². The number of rotatable bonds is 2. The Hall–Kier alpha value is -2.35. The normalized spacial score (nSPS) is 34.4. The summed E-state index contributed by atoms with van der Waals surface area (Å²) >= 11 is 0. The minimum absolute atomic E-state index is 0.0860. The van der Waals surface area contributed by atoms with E-state index >= 15 is 8.78 Å². The fourth-order valence-electron chi connectivity index (χ4n) is 3.72. The summed E-state index contributed by atoms with van der Waals surface area (Å²) in [6, 6.07) is -0.801. The van der Waals surface area contributed by atoms with Crippen molar-refractivity contribution in [3.63, 3.8) is 0 Å². The molecule has 1 unspecified atom stereocenters. The maximum absolute atomic E-state index is 16.0. The topological polar surface area (TPSA) is 69.7 Å². The van der Waals surface area contributed by atoms with Gasteiger partial charge in [0.2, 0.25) is 11.8 Å². The molecule has 0 aromatic heterocycles. The van der Waals surface area contributed by atoms with E-state index in [1.807, 2.05) is 0 Å². The first-order valence-corrected chi connectivity index (χ1v) is 9.56. The van der Waals surface area contributed by atoms with E-state index in [1.165, 1.54) is 20.8 Å². The van der Waals surface area contributed by atoms with Gasteiger partial charge in [-0.3, -0.25) is 24.6 Å². The van der Waals surface area contributed by atoms with Crippen LogP contribution in [0.4, 0.5) is 8.78 Å². The van der Waals surface area contributed by atoms with Crippen LogP contribution in [0.3, 0.4) is 0 Å². The third-order valence-corrected chi connectivity index (χ3v) is 5.35. The number of imide groups is 1. The molecule has 2 fully saturated rings. The van der Waals surface area contributed by atoms with Gasteiger partial charge in [0.25, 0.3) is 5.91 Å². The zero-order chi connectivity index (χ0) is 29.0. The summed E-state index contributed by atoms with van der Waals surface area (Å²) in [6.07, 6.45) is -6.77. The van der Waals surface area contributed by atoms with E-state index in [0.29, 0.717) is 11.0 Å². The Kier molecular flexibility index (Phi) is 3.25. The summed E-state index contributed by atoms with van der Waals surface area (Å²) in [4.78, 5) is 38.1. The van der Waals surface area contributed by atoms with Gasteiger partial charge in [-0.05, 0) is 70.5 Å². The largest absolute Gasteiger partial charge is 0.322 e. The Bertz CT molecular complexity index is 1220. The van der Waals surface area contributed by atoms with Gasteiger partial charge in [0.15, 0.2) is 0 Å². The van der Waals surface area contributed by atoms with E-state index in [9.17, 15) is 14.4 Å². The van der Waals surface area contributed by atoms with Gasteiger partial charge in [0, 0.05) is 28.5 Å². The molecular weight excluding hydrogens is 392 g/mol. The van der Waals surface area contributed by atoms with Gasteiger partial charge < -0.3 is 4.90 Å². The van der Waals surface area contributed by atoms with Gasteiger partial charge in [-0.2, -0.15) is 0 Å². The van der Waals surface area contributed by atoms with Crippen molar-refractivity contribution in [2.75, 3.05) is 13.0 Å². The van der Waals surface area contributed by atoms with Gasteiger partial charge in [-0.15, -0.1) is 0 Å². The highest BCUT2D eigenvalue weighted by Crippen LogP contribution is 2.38. The molecule has 0 aliphatic carbocycles. The Morgan fingerprint density at radius 3 is 2.43 bits per heavy atom. The molecule has 0 radical (unpaired) electrons. The summed E-state index contributed by atoms with van der Waals surface area (Å²) in [7, 11) is 0. The molecule has 3 heterocycles. The summed E-state index contributed by atoms with van der Waals surface area (Å²) < 4.78 is 100.0. The highest BCUT2D eigenvalue weighted by atomic mass is 19.1. The van der Waals surface area contributed by atoms with Crippen LogP contribution in [0.5, 0.6) is 0 Å². The van der Waals surface area contributed by atoms with Crippen LogP contribution in [-0.2, 0) is 16.1 Å². The molecule has 3 aliphatic rings. The average molecular weight is 428 g/mol. The maximum Gasteiger partial charge on any atom is 0.258 e. The van der Waals surface area contributed by atoms with E-state index in [4.69, 9.17) is 11.0 Å². The Morgan fingerprint density at radius 2 is 1.83 bits per heavy atom. The van der Waals surface area contributed by atoms with E-state index < -0.39 is 95.8 Å². The van der Waals surface area contributed by atoms with Gasteiger partial charge in [-0.25, -0.2) is 8.78 Å². The van der Waals surface area contributed by atoms with Crippen molar-refractivity contribution in [3.05, 3.63) is 34.4 Å². The van der Waals surface area contributed by atoms with Crippen LogP contribution in [0.2, 0.25) is 0 Å². The van der Waals surface area contributed by atoms with Crippen LogP contribution in [0.25, 0.3) is 0 Å². The molecule has 30 heavy (non-hydrogen) atoms. The van der Waals surface area contributed by atoms with E-state index in [2.05, 4.69) is 5.32 Å². The quantitative estimate of drug-likeness (QED) is 0.737. The lowest BCUT2D eigenvalue weighted by Crippen LogP contribution is -2.52. The number of hydrogen-bond donors (Lipinski definition) is 1. The van der Waals surface area contributed by atoms with Gasteiger partial charge >= 0.3 is 0 Å². The van der Waals surface area contributed by atoms with Gasteiger partial charge in [0.05, 0.1) is 12.1 Å². The molecule has 2 saturated heterocycles. The first-order valence-electron chi connectivity index (χ1n) is 13.6. The van der Waals surface area contributed by atoms with Crippen LogP contribution in [0.15, 0.2) is 6.07 Å². The van der Waals surface area contributed by atoms with Gasteiger partial charge in [-0.1, -0.05) is 0 Å². The standard InChI is InChI=1S/C22H27F2N3O3/c1-22(2,3)26-8-6-12(7-9-26)13-10-15(23)18-14(19(13)24)11-27(21(18)30)16-4-5-17(28)25-20(16)29/h10,12,16H,4-9,11H2,1-3H3,(H,25,28,29)/i6D2,7D2,8D2,9D2. The molecule has 4 rings (SSSR count). The molecule has 8 heteroatoms. The fraction of sp³-hybridized carbons (Fsp3) is 0.591. The number of carbonyl (C=O) groups excluding carboxylic acids is 3. The number of hydrogen-bond acceptors (Lipinski definition) is 4. The van der Waals surface area contributed by atoms with E-state index in [0.717, 1.165) is 4.90 Å². The van der Waals surface area contributed by atoms with Crippen LogP contribution in [0.1, 0.15) is 84.7 Å². The summed E-state index contributed by atoms with van der Waals surface area (Å²) in [6.45, 7) is -2.90. The Labute approximate surface area is 185 Å². The number of nitrogens with one attached hydrogen (secondary N) is 1. The molecule has 1 aromatic rings. The molecule has 1 N–H and O–H groups in total. The summed E-state index contributed by atoms with van der Waals surface area (Å²) in [5.74, 6) is -7.65. The molecule has 1 aromatic carbocycles. The second-order valence-electron chi connectivity index (χ2n) is 8.47. The lowest BCUT2D eigenvalue weighted by atomic mass is 9.85. The monoisotopic (exact) mass is 427 g/mol. The molecule has 3 amide bonds. The molecule has 0 bridgehead atoms. The first kappa shape index (κ1) is 13.1. The number of likely N-dealkylation sites (tertiary alicyclic amines) is 1. The molecule has 1 atom stereocenters. The predicted octanol–water partition coefficient (Wildman–Crippen LogP) is 2.70. The molecule has 3 aliphatic heterocycles. The fourth-order valence-corrected chi connectivity index (χ4v) is 3.72. The van der Waals surface area contributed by atoms with Crippen molar-refractivity contribution in [2.24, 2.45) is 0 Å². The third-order valence-electron chi connectivity index (χ3n) is 5.35. The van der Waals surface area contributed by atoms with E-state index in [1.54, 1.807) is 0 Å². The summed E-state index contributed by atoms with van der Waals surface area (Å²) in [5.41, 5.74) is -3.71. The molecule has 0 spiro atoms. The van der Waals surface area contributed by atoms with Crippen LogP contribution >= 0.6 is 0 Å². The number of nitrogens with zero attached hydrogens (tertiary/aromatic N) is 2. The summed E-state index contributed by atoms with van der Waals surface area (Å²) in [5, 5.41) is 2.06. The highest BCUT2D eigenvalue weighted by molar-refractivity contribution is 6.05. The zero-order valence-corrected chi connectivity index (χ0v) is 16.7. The second-order valence-corrected chi connectivity index (χ2v) is 8.47.